The quantitative estimate of drug-likeness (QED) is 0.373. The number of para-hydroxylation sites is 1. The van der Waals surface area contributed by atoms with Gasteiger partial charge in [-0.3, -0.25) is 0 Å². The van der Waals surface area contributed by atoms with Gasteiger partial charge in [-0.25, -0.2) is 9.59 Å². The van der Waals surface area contributed by atoms with E-state index in [-0.39, 0.29) is 6.03 Å². The van der Waals surface area contributed by atoms with Crippen LogP contribution < -0.4 is 14.8 Å². The Balaban J connectivity index is 1.58. The lowest BCUT2D eigenvalue weighted by molar-refractivity contribution is 0.0600. The number of fused-ring (bicyclic) bond motifs is 3. The van der Waals surface area contributed by atoms with Gasteiger partial charge in [0.2, 0.25) is 0 Å². The third-order valence-corrected chi connectivity index (χ3v) is 6.51. The molecule has 0 fully saturated rings. The molecule has 0 unspecified atom stereocenters. The number of carbonyl (C=O) groups is 2. The molecular formula is C29H27N3O5. The van der Waals surface area contributed by atoms with Gasteiger partial charge in [0.25, 0.3) is 0 Å². The molecule has 0 bridgehead atoms. The number of aromatic nitrogens is 1. The molecule has 1 aliphatic heterocycles. The highest BCUT2D eigenvalue weighted by Crippen LogP contribution is 2.39. The van der Waals surface area contributed by atoms with Gasteiger partial charge in [-0.15, -0.1) is 0 Å². The van der Waals surface area contributed by atoms with Crippen LogP contribution in [0.15, 0.2) is 85.1 Å². The van der Waals surface area contributed by atoms with Crippen molar-refractivity contribution in [2.75, 3.05) is 26.6 Å². The number of anilines is 1. The second kappa shape index (κ2) is 10.1. The van der Waals surface area contributed by atoms with Crippen molar-refractivity contribution in [3.05, 3.63) is 107 Å². The lowest BCUT2D eigenvalue weighted by Crippen LogP contribution is -2.38. The molecule has 37 heavy (non-hydrogen) atoms. The number of methoxy groups -OCH3 is 3. The van der Waals surface area contributed by atoms with Gasteiger partial charge in [0.05, 0.1) is 45.2 Å². The largest absolute Gasteiger partial charge is 0.493 e. The Hall–Kier alpha value is -4.72. The van der Waals surface area contributed by atoms with Crippen molar-refractivity contribution in [2.24, 2.45) is 0 Å². The van der Waals surface area contributed by atoms with Crippen LogP contribution in [0.5, 0.6) is 11.5 Å². The number of hydrogen-bond acceptors (Lipinski definition) is 5. The lowest BCUT2D eigenvalue weighted by atomic mass is 10.0. The van der Waals surface area contributed by atoms with Crippen LogP contribution in [0.3, 0.4) is 0 Å². The number of carbonyl (C=O) groups excluding carboxylic acids is 2. The van der Waals surface area contributed by atoms with Gasteiger partial charge in [0.15, 0.2) is 11.5 Å². The third kappa shape index (κ3) is 4.49. The molecule has 0 saturated heterocycles. The molecule has 0 saturated carbocycles. The van der Waals surface area contributed by atoms with Gasteiger partial charge in [-0.1, -0.05) is 24.3 Å². The monoisotopic (exact) mass is 497 g/mol. The zero-order chi connectivity index (χ0) is 25.9. The molecular weight excluding hydrogens is 470 g/mol. The first-order valence-electron chi connectivity index (χ1n) is 11.8. The fraction of sp³-hybridized carbons (Fsp3) is 0.172. The van der Waals surface area contributed by atoms with Crippen LogP contribution in [0, 0.1) is 0 Å². The summed E-state index contributed by atoms with van der Waals surface area (Å²) in [5.74, 6) is 0.759. The molecule has 3 aromatic carbocycles. The van der Waals surface area contributed by atoms with E-state index in [1.807, 2.05) is 54.7 Å². The first kappa shape index (κ1) is 24.0. The average molecular weight is 498 g/mol. The number of amides is 2. The smallest absolute Gasteiger partial charge is 0.337 e. The number of hydrogen-bond donors (Lipinski definition) is 1. The van der Waals surface area contributed by atoms with Crippen LogP contribution >= 0.6 is 0 Å². The average Bonchev–Trinajstić information content (AvgIpc) is 3.36. The zero-order valence-corrected chi connectivity index (χ0v) is 20.8. The minimum atomic E-state index is -0.434. The van der Waals surface area contributed by atoms with Crippen molar-refractivity contribution in [2.45, 2.75) is 12.6 Å². The predicted molar refractivity (Wildman–Crippen MR) is 140 cm³/mol. The highest BCUT2D eigenvalue weighted by atomic mass is 16.5. The van der Waals surface area contributed by atoms with Crippen LogP contribution in [0.4, 0.5) is 10.5 Å². The van der Waals surface area contributed by atoms with E-state index in [2.05, 4.69) is 16.0 Å². The third-order valence-electron chi connectivity index (χ3n) is 6.51. The normalized spacial score (nSPS) is 14.1. The van der Waals surface area contributed by atoms with Crippen molar-refractivity contribution in [3.63, 3.8) is 0 Å². The summed E-state index contributed by atoms with van der Waals surface area (Å²) in [5, 5.41) is 3.00. The number of benzene rings is 3. The van der Waals surface area contributed by atoms with Crippen LogP contribution in [-0.4, -0.2) is 42.8 Å². The molecule has 1 aromatic heterocycles. The van der Waals surface area contributed by atoms with E-state index in [0.717, 1.165) is 22.5 Å². The molecule has 2 amide bonds. The van der Waals surface area contributed by atoms with E-state index in [0.29, 0.717) is 29.3 Å². The molecule has 0 spiro atoms. The highest BCUT2D eigenvalue weighted by molar-refractivity contribution is 5.92. The minimum absolute atomic E-state index is 0.282. The van der Waals surface area contributed by atoms with Gasteiger partial charge in [0, 0.05) is 17.6 Å². The van der Waals surface area contributed by atoms with Gasteiger partial charge in [0.1, 0.15) is 0 Å². The number of urea groups is 1. The Kier molecular flexibility index (Phi) is 6.55. The Morgan fingerprint density at radius 3 is 2.35 bits per heavy atom. The van der Waals surface area contributed by atoms with Crippen LogP contribution in [0.1, 0.15) is 33.2 Å². The summed E-state index contributed by atoms with van der Waals surface area (Å²) < 4.78 is 17.9. The van der Waals surface area contributed by atoms with E-state index in [1.165, 1.54) is 7.11 Å². The van der Waals surface area contributed by atoms with Gasteiger partial charge in [-0.2, -0.15) is 0 Å². The second-order valence-corrected chi connectivity index (χ2v) is 8.58. The maximum absolute atomic E-state index is 13.9. The van der Waals surface area contributed by atoms with E-state index in [1.54, 1.807) is 43.4 Å². The SMILES string of the molecule is COC(=O)c1ccc(NC(=O)N2Cc3ccccc3-n3cccc3[C@@H]2c2ccc(OC)c(OC)c2)cc1. The summed E-state index contributed by atoms with van der Waals surface area (Å²) in [5.41, 5.74) is 4.82. The molecule has 8 heteroatoms. The van der Waals surface area contributed by atoms with E-state index in [4.69, 9.17) is 14.2 Å². The Morgan fingerprint density at radius 1 is 0.865 bits per heavy atom. The lowest BCUT2D eigenvalue weighted by Gasteiger charge is -2.31. The number of nitrogens with zero attached hydrogens (tertiary/aromatic N) is 2. The fourth-order valence-electron chi connectivity index (χ4n) is 4.72. The molecule has 1 N–H and O–H groups in total. The number of esters is 1. The molecule has 8 nitrogen and oxygen atoms in total. The van der Waals surface area contributed by atoms with Crippen LogP contribution in [0.25, 0.3) is 5.69 Å². The maximum Gasteiger partial charge on any atom is 0.337 e. The molecule has 188 valence electrons. The molecule has 0 aliphatic carbocycles. The summed E-state index contributed by atoms with van der Waals surface area (Å²) in [6.45, 7) is 0.378. The van der Waals surface area contributed by atoms with Crippen molar-refractivity contribution >= 4 is 17.7 Å². The Morgan fingerprint density at radius 2 is 1.62 bits per heavy atom. The van der Waals surface area contributed by atoms with Gasteiger partial charge < -0.3 is 29.0 Å². The Labute approximate surface area is 215 Å². The molecule has 4 aromatic rings. The summed E-state index contributed by atoms with van der Waals surface area (Å²) >= 11 is 0. The molecule has 1 aliphatic rings. The summed E-state index contributed by atoms with van der Waals surface area (Å²) in [6.07, 6.45) is 2.01. The van der Waals surface area contributed by atoms with Crippen molar-refractivity contribution in [3.8, 4) is 17.2 Å². The summed E-state index contributed by atoms with van der Waals surface area (Å²) in [6, 6.07) is 23.7. The van der Waals surface area contributed by atoms with Crippen molar-refractivity contribution < 1.29 is 23.8 Å². The molecule has 1 atom stereocenters. The first-order valence-corrected chi connectivity index (χ1v) is 11.8. The second-order valence-electron chi connectivity index (χ2n) is 8.58. The Bertz CT molecular complexity index is 1440. The van der Waals surface area contributed by atoms with Crippen LogP contribution in [0.2, 0.25) is 0 Å². The van der Waals surface area contributed by atoms with E-state index in [9.17, 15) is 9.59 Å². The number of rotatable bonds is 5. The maximum atomic E-state index is 13.9. The van der Waals surface area contributed by atoms with Crippen LogP contribution in [-0.2, 0) is 11.3 Å². The van der Waals surface area contributed by atoms with Gasteiger partial charge >= 0.3 is 12.0 Å². The standard InChI is InChI=1S/C29H27N3O5/c1-35-25-15-12-20(17-26(25)36-2)27-24-9-6-16-31(24)23-8-5-4-7-21(23)18-32(27)29(34)30-22-13-10-19(11-14-22)28(33)37-3/h4-17,27H,18H2,1-3H3,(H,30,34)/t27-/m0/s1. The van der Waals surface area contributed by atoms with Gasteiger partial charge in [-0.05, 0) is 65.7 Å². The first-order chi connectivity index (χ1) is 18.0. The van der Waals surface area contributed by atoms with Crippen molar-refractivity contribution in [1.82, 2.24) is 9.47 Å². The number of nitrogens with one attached hydrogen (secondary N) is 1. The predicted octanol–water partition coefficient (Wildman–Crippen LogP) is 5.42. The molecule has 0 radical (unpaired) electrons. The topological polar surface area (TPSA) is 82.0 Å². The number of ether oxygens (including phenoxy) is 3. The summed E-state index contributed by atoms with van der Waals surface area (Å²) in [7, 11) is 4.52. The highest BCUT2D eigenvalue weighted by Gasteiger charge is 2.33. The minimum Gasteiger partial charge on any atom is -0.493 e. The zero-order valence-electron chi connectivity index (χ0n) is 20.8. The molecule has 5 rings (SSSR count). The summed E-state index contributed by atoms with van der Waals surface area (Å²) in [4.78, 5) is 27.5. The van der Waals surface area contributed by atoms with E-state index >= 15 is 0 Å². The molecule has 2 heterocycles. The van der Waals surface area contributed by atoms with E-state index < -0.39 is 12.0 Å². The fourth-order valence-corrected chi connectivity index (χ4v) is 4.72. The van der Waals surface area contributed by atoms with Crippen molar-refractivity contribution in [1.29, 1.82) is 0 Å².